The van der Waals surface area contributed by atoms with Crippen molar-refractivity contribution in [2.24, 2.45) is 0 Å². The number of nitrogens with zero attached hydrogens (tertiary/aromatic N) is 1. The first-order valence-corrected chi connectivity index (χ1v) is 9.51. The Kier molecular flexibility index (Phi) is 4.70. The Hall–Kier alpha value is -3.39. The van der Waals surface area contributed by atoms with Gasteiger partial charge in [0.05, 0.1) is 11.4 Å². The van der Waals surface area contributed by atoms with Gasteiger partial charge >= 0.3 is 0 Å². The summed E-state index contributed by atoms with van der Waals surface area (Å²) in [5, 5.41) is 0. The van der Waals surface area contributed by atoms with Gasteiger partial charge in [-0.1, -0.05) is 66.2 Å². The minimum atomic E-state index is 0.0574. The van der Waals surface area contributed by atoms with Crippen molar-refractivity contribution >= 4 is 0 Å². The molecule has 0 saturated heterocycles. The van der Waals surface area contributed by atoms with Crippen LogP contribution in [0, 0.1) is 20.8 Å². The summed E-state index contributed by atoms with van der Waals surface area (Å²) in [4.78, 5) is 13.0. The minimum Gasteiger partial charge on any atom is -0.309 e. The maximum Gasteiger partial charge on any atom is 0.185 e. The molecule has 0 aliphatic heterocycles. The number of para-hydroxylation sites is 1. The number of rotatable bonds is 3. The van der Waals surface area contributed by atoms with Crippen LogP contribution in [0.4, 0.5) is 0 Å². The average Bonchev–Trinajstić information content (AvgIpc) is 2.72. The maximum atomic E-state index is 13.0. The molecule has 2 heteroatoms. The predicted octanol–water partition coefficient (Wildman–Crippen LogP) is 6.10. The third-order valence-electron chi connectivity index (χ3n) is 5.19. The highest BCUT2D eigenvalue weighted by molar-refractivity contribution is 5.75. The van der Waals surface area contributed by atoms with Crippen molar-refractivity contribution in [1.82, 2.24) is 4.57 Å². The number of aryl methyl sites for hydroxylation is 2. The van der Waals surface area contributed by atoms with Crippen LogP contribution in [0.25, 0.3) is 28.2 Å². The van der Waals surface area contributed by atoms with Gasteiger partial charge in [0.1, 0.15) is 0 Å². The van der Waals surface area contributed by atoms with Crippen molar-refractivity contribution < 1.29 is 0 Å². The molecule has 138 valence electrons. The fourth-order valence-corrected chi connectivity index (χ4v) is 3.70. The number of hydrogen-bond acceptors (Lipinski definition) is 1. The molecule has 28 heavy (non-hydrogen) atoms. The van der Waals surface area contributed by atoms with Gasteiger partial charge in [0.2, 0.25) is 0 Å². The van der Waals surface area contributed by atoms with Gasteiger partial charge in [-0.2, -0.15) is 0 Å². The number of hydrogen-bond donors (Lipinski definition) is 0. The highest BCUT2D eigenvalue weighted by Crippen LogP contribution is 2.33. The van der Waals surface area contributed by atoms with Crippen LogP contribution in [0.5, 0.6) is 0 Å². The van der Waals surface area contributed by atoms with Crippen LogP contribution in [0.1, 0.15) is 16.7 Å². The van der Waals surface area contributed by atoms with Gasteiger partial charge < -0.3 is 4.57 Å². The van der Waals surface area contributed by atoms with E-state index in [1.165, 1.54) is 5.56 Å². The molecule has 2 nitrogen and oxygen atoms in total. The number of benzene rings is 3. The molecule has 3 aromatic carbocycles. The van der Waals surface area contributed by atoms with E-state index in [2.05, 4.69) is 60.9 Å². The van der Waals surface area contributed by atoms with E-state index in [0.29, 0.717) is 0 Å². The Morgan fingerprint density at radius 2 is 1.36 bits per heavy atom. The lowest BCUT2D eigenvalue weighted by atomic mass is 9.98. The lowest BCUT2D eigenvalue weighted by Crippen LogP contribution is -2.16. The molecule has 1 aromatic heterocycles. The van der Waals surface area contributed by atoms with Crippen molar-refractivity contribution in [3.8, 4) is 28.2 Å². The predicted molar refractivity (Wildman–Crippen MR) is 117 cm³/mol. The van der Waals surface area contributed by atoms with Crippen molar-refractivity contribution in [3.05, 3.63) is 112 Å². The highest BCUT2D eigenvalue weighted by atomic mass is 16.1. The zero-order valence-electron chi connectivity index (χ0n) is 16.4. The second kappa shape index (κ2) is 7.32. The molecule has 0 atom stereocenters. The summed E-state index contributed by atoms with van der Waals surface area (Å²) in [6, 6.07) is 28.6. The summed E-state index contributed by atoms with van der Waals surface area (Å²) >= 11 is 0. The molecule has 0 unspecified atom stereocenters. The first-order valence-electron chi connectivity index (χ1n) is 9.51. The van der Waals surface area contributed by atoms with E-state index in [9.17, 15) is 4.79 Å². The quantitative estimate of drug-likeness (QED) is 0.430. The SMILES string of the molecule is Cc1ccc(C)c(-c2cc(=O)c(C)c(-c3ccccc3)n2-c2ccccc2)c1. The van der Waals surface area contributed by atoms with E-state index in [0.717, 1.165) is 39.3 Å². The molecule has 0 N–H and O–H groups in total. The highest BCUT2D eigenvalue weighted by Gasteiger charge is 2.18. The second-order valence-corrected chi connectivity index (χ2v) is 7.22. The molecule has 0 bridgehead atoms. The summed E-state index contributed by atoms with van der Waals surface area (Å²) in [6.07, 6.45) is 0. The van der Waals surface area contributed by atoms with Crippen molar-refractivity contribution in [2.45, 2.75) is 20.8 Å². The molecular formula is C26H23NO. The van der Waals surface area contributed by atoms with Crippen LogP contribution in [0.3, 0.4) is 0 Å². The van der Waals surface area contributed by atoms with Crippen molar-refractivity contribution in [3.63, 3.8) is 0 Å². The lowest BCUT2D eigenvalue weighted by Gasteiger charge is -2.22. The summed E-state index contributed by atoms with van der Waals surface area (Å²) < 4.78 is 2.22. The Bertz CT molecular complexity index is 1190. The van der Waals surface area contributed by atoms with Gasteiger partial charge in [-0.3, -0.25) is 4.79 Å². The van der Waals surface area contributed by atoms with E-state index >= 15 is 0 Å². The van der Waals surface area contributed by atoms with Crippen LogP contribution < -0.4 is 5.43 Å². The Morgan fingerprint density at radius 3 is 2.04 bits per heavy atom. The van der Waals surface area contributed by atoms with Gasteiger partial charge in [-0.05, 0) is 50.1 Å². The summed E-state index contributed by atoms with van der Waals surface area (Å²) in [6.45, 7) is 6.09. The largest absolute Gasteiger partial charge is 0.309 e. The van der Waals surface area contributed by atoms with E-state index < -0.39 is 0 Å². The molecule has 1 heterocycles. The molecule has 0 amide bonds. The number of aromatic nitrogens is 1. The first kappa shape index (κ1) is 18.0. The summed E-state index contributed by atoms with van der Waals surface area (Å²) in [5.74, 6) is 0. The fourth-order valence-electron chi connectivity index (χ4n) is 3.70. The number of pyridine rings is 1. The van der Waals surface area contributed by atoms with Crippen molar-refractivity contribution in [2.75, 3.05) is 0 Å². The van der Waals surface area contributed by atoms with Gasteiger partial charge in [0, 0.05) is 22.9 Å². The molecule has 4 rings (SSSR count). The normalized spacial score (nSPS) is 10.8. The van der Waals surface area contributed by atoms with Crippen molar-refractivity contribution in [1.29, 1.82) is 0 Å². The Balaban J connectivity index is 2.17. The molecule has 0 aliphatic carbocycles. The lowest BCUT2D eigenvalue weighted by molar-refractivity contribution is 1.03. The molecule has 0 spiro atoms. The molecule has 0 aliphatic rings. The average molecular weight is 365 g/mol. The molecular weight excluding hydrogens is 342 g/mol. The minimum absolute atomic E-state index is 0.0574. The van der Waals surface area contributed by atoms with Gasteiger partial charge in [0.25, 0.3) is 0 Å². The monoisotopic (exact) mass is 365 g/mol. The summed E-state index contributed by atoms with van der Waals surface area (Å²) in [5.41, 5.74) is 8.15. The van der Waals surface area contributed by atoms with Crippen LogP contribution in [-0.4, -0.2) is 4.57 Å². The van der Waals surface area contributed by atoms with Gasteiger partial charge in [-0.25, -0.2) is 0 Å². The fraction of sp³-hybridized carbons (Fsp3) is 0.115. The molecule has 0 fully saturated rings. The van der Waals surface area contributed by atoms with E-state index in [1.807, 2.05) is 43.3 Å². The van der Waals surface area contributed by atoms with E-state index in [1.54, 1.807) is 6.07 Å². The van der Waals surface area contributed by atoms with Crippen LogP contribution in [-0.2, 0) is 0 Å². The first-order chi connectivity index (χ1) is 13.6. The smallest absolute Gasteiger partial charge is 0.185 e. The third kappa shape index (κ3) is 3.18. The zero-order valence-corrected chi connectivity index (χ0v) is 16.4. The second-order valence-electron chi connectivity index (χ2n) is 7.22. The Morgan fingerprint density at radius 1 is 0.714 bits per heavy atom. The van der Waals surface area contributed by atoms with E-state index in [4.69, 9.17) is 0 Å². The van der Waals surface area contributed by atoms with Crippen LogP contribution in [0.15, 0.2) is 89.7 Å². The maximum absolute atomic E-state index is 13.0. The van der Waals surface area contributed by atoms with E-state index in [-0.39, 0.29) is 5.43 Å². The molecule has 4 aromatic rings. The van der Waals surface area contributed by atoms with Crippen LogP contribution in [0.2, 0.25) is 0 Å². The molecule has 0 radical (unpaired) electrons. The Labute approximate surface area is 165 Å². The standard InChI is InChI=1S/C26H23NO/c1-18-14-15-19(2)23(16-18)24-17-25(28)20(3)26(21-10-6-4-7-11-21)27(24)22-12-8-5-9-13-22/h4-17H,1-3H3. The third-order valence-corrected chi connectivity index (χ3v) is 5.19. The zero-order chi connectivity index (χ0) is 19.7. The molecule has 0 saturated carbocycles. The summed E-state index contributed by atoms with van der Waals surface area (Å²) in [7, 11) is 0. The van der Waals surface area contributed by atoms with Crippen LogP contribution >= 0.6 is 0 Å². The van der Waals surface area contributed by atoms with Gasteiger partial charge in [0.15, 0.2) is 5.43 Å². The topological polar surface area (TPSA) is 22.0 Å². The van der Waals surface area contributed by atoms with Gasteiger partial charge in [-0.15, -0.1) is 0 Å².